The lowest BCUT2D eigenvalue weighted by Crippen LogP contribution is -2.35. The predicted octanol–water partition coefficient (Wildman–Crippen LogP) is 1.27. The molecule has 8 nitrogen and oxygen atoms in total. The maximum Gasteiger partial charge on any atom is 0.178 e. The van der Waals surface area contributed by atoms with Crippen molar-refractivity contribution in [1.29, 1.82) is 0 Å². The molecule has 4 heterocycles. The minimum atomic E-state index is 0.417. The lowest BCUT2D eigenvalue weighted by atomic mass is 9.96. The number of rotatable bonds is 5. The molecular formula is C17H24N8. The van der Waals surface area contributed by atoms with Crippen molar-refractivity contribution in [1.82, 2.24) is 34.5 Å². The van der Waals surface area contributed by atoms with Crippen molar-refractivity contribution in [2.45, 2.75) is 25.3 Å². The standard InChI is InChI=1S/C17H24N8/c1-22(2)16-5-4-15-19-20-17(25(15)21-16)14-6-10-23(11-7-14)12-13-24-9-3-8-18-24/h3-5,8-9,14H,6-7,10-13H2,1-2H3. The molecule has 8 heteroatoms. The molecule has 1 fully saturated rings. The van der Waals surface area contributed by atoms with Crippen LogP contribution in [0.25, 0.3) is 5.65 Å². The summed E-state index contributed by atoms with van der Waals surface area (Å²) in [5.41, 5.74) is 0.821. The molecule has 0 amide bonds. The Morgan fingerprint density at radius 2 is 1.96 bits per heavy atom. The van der Waals surface area contributed by atoms with Crippen LogP contribution in [0, 0.1) is 0 Å². The van der Waals surface area contributed by atoms with Gasteiger partial charge in [-0.05, 0) is 44.1 Å². The summed E-state index contributed by atoms with van der Waals surface area (Å²) in [6.45, 7) is 4.14. The van der Waals surface area contributed by atoms with Gasteiger partial charge in [0.2, 0.25) is 0 Å². The summed E-state index contributed by atoms with van der Waals surface area (Å²) in [6.07, 6.45) is 6.03. The third-order valence-corrected chi connectivity index (χ3v) is 4.89. The van der Waals surface area contributed by atoms with Crippen LogP contribution in [-0.4, -0.2) is 68.2 Å². The fourth-order valence-electron chi connectivity index (χ4n) is 3.38. The Bertz CT molecular complexity index is 814. The van der Waals surface area contributed by atoms with Crippen molar-refractivity contribution in [2.24, 2.45) is 0 Å². The first-order valence-corrected chi connectivity index (χ1v) is 8.80. The van der Waals surface area contributed by atoms with Gasteiger partial charge in [-0.15, -0.1) is 15.3 Å². The van der Waals surface area contributed by atoms with E-state index in [0.29, 0.717) is 5.92 Å². The van der Waals surface area contributed by atoms with E-state index in [1.165, 1.54) is 0 Å². The lowest BCUT2D eigenvalue weighted by molar-refractivity contribution is 0.199. The van der Waals surface area contributed by atoms with Gasteiger partial charge in [-0.1, -0.05) is 0 Å². The van der Waals surface area contributed by atoms with Gasteiger partial charge in [-0.3, -0.25) is 4.68 Å². The van der Waals surface area contributed by atoms with Crippen LogP contribution >= 0.6 is 0 Å². The smallest absolute Gasteiger partial charge is 0.178 e. The normalized spacial score (nSPS) is 16.6. The van der Waals surface area contributed by atoms with Gasteiger partial charge in [0, 0.05) is 39.0 Å². The Morgan fingerprint density at radius 3 is 2.68 bits per heavy atom. The van der Waals surface area contributed by atoms with Crippen molar-refractivity contribution >= 4 is 11.5 Å². The van der Waals surface area contributed by atoms with Gasteiger partial charge in [-0.2, -0.15) is 9.61 Å². The third kappa shape index (κ3) is 3.34. The van der Waals surface area contributed by atoms with Crippen molar-refractivity contribution in [3.63, 3.8) is 0 Å². The summed E-state index contributed by atoms with van der Waals surface area (Å²) in [7, 11) is 3.99. The highest BCUT2D eigenvalue weighted by Crippen LogP contribution is 2.27. The molecule has 3 aromatic rings. The second-order valence-corrected chi connectivity index (χ2v) is 6.80. The SMILES string of the molecule is CN(C)c1ccc2nnc(C3CCN(CCn4cccn4)CC3)n2n1. The van der Waals surface area contributed by atoms with Gasteiger partial charge in [0.05, 0.1) is 6.54 Å². The molecule has 0 spiro atoms. The summed E-state index contributed by atoms with van der Waals surface area (Å²) in [5.74, 6) is 2.33. The van der Waals surface area contributed by atoms with E-state index >= 15 is 0 Å². The van der Waals surface area contributed by atoms with Gasteiger partial charge >= 0.3 is 0 Å². The molecule has 0 saturated carbocycles. The Hall–Kier alpha value is -2.48. The Kier molecular flexibility index (Phi) is 4.35. The second-order valence-electron chi connectivity index (χ2n) is 6.80. The summed E-state index contributed by atoms with van der Waals surface area (Å²) < 4.78 is 3.91. The van der Waals surface area contributed by atoms with E-state index in [2.05, 4.69) is 20.2 Å². The minimum Gasteiger partial charge on any atom is -0.361 e. The Labute approximate surface area is 147 Å². The molecule has 4 rings (SSSR count). The number of likely N-dealkylation sites (tertiary alicyclic amines) is 1. The molecule has 3 aromatic heterocycles. The molecule has 0 atom stereocenters. The average molecular weight is 340 g/mol. The fraction of sp³-hybridized carbons (Fsp3) is 0.529. The van der Waals surface area contributed by atoms with Gasteiger partial charge in [0.25, 0.3) is 0 Å². The molecule has 25 heavy (non-hydrogen) atoms. The van der Waals surface area contributed by atoms with E-state index in [1.807, 2.05) is 58.8 Å². The number of piperidine rings is 1. The number of anilines is 1. The van der Waals surface area contributed by atoms with E-state index in [-0.39, 0.29) is 0 Å². The minimum absolute atomic E-state index is 0.417. The van der Waals surface area contributed by atoms with E-state index in [0.717, 1.165) is 56.3 Å². The van der Waals surface area contributed by atoms with Gasteiger partial charge in [0.1, 0.15) is 5.82 Å². The largest absolute Gasteiger partial charge is 0.361 e. The summed E-state index contributed by atoms with van der Waals surface area (Å²) in [4.78, 5) is 4.50. The number of fused-ring (bicyclic) bond motifs is 1. The lowest BCUT2D eigenvalue weighted by Gasteiger charge is -2.30. The van der Waals surface area contributed by atoms with E-state index in [9.17, 15) is 0 Å². The number of hydrogen-bond donors (Lipinski definition) is 0. The molecule has 0 radical (unpaired) electrons. The first-order chi connectivity index (χ1) is 12.2. The molecule has 0 N–H and O–H groups in total. The quantitative estimate of drug-likeness (QED) is 0.697. The van der Waals surface area contributed by atoms with Crippen LogP contribution in [0.3, 0.4) is 0 Å². The van der Waals surface area contributed by atoms with Crippen LogP contribution in [0.4, 0.5) is 5.82 Å². The fourth-order valence-corrected chi connectivity index (χ4v) is 3.38. The zero-order chi connectivity index (χ0) is 17.2. The molecule has 0 bridgehead atoms. The monoisotopic (exact) mass is 340 g/mol. The van der Waals surface area contributed by atoms with Gasteiger partial charge in [0.15, 0.2) is 11.5 Å². The van der Waals surface area contributed by atoms with Crippen LogP contribution in [-0.2, 0) is 6.54 Å². The number of hydrogen-bond acceptors (Lipinski definition) is 6. The predicted molar refractivity (Wildman–Crippen MR) is 95.8 cm³/mol. The Balaban J connectivity index is 1.42. The molecule has 1 aliphatic heterocycles. The van der Waals surface area contributed by atoms with Crippen molar-refractivity contribution in [3.05, 3.63) is 36.4 Å². The zero-order valence-corrected chi connectivity index (χ0v) is 14.8. The maximum absolute atomic E-state index is 4.69. The molecule has 1 saturated heterocycles. The highest BCUT2D eigenvalue weighted by Gasteiger charge is 2.25. The van der Waals surface area contributed by atoms with Crippen LogP contribution in [0.15, 0.2) is 30.6 Å². The van der Waals surface area contributed by atoms with E-state index in [1.54, 1.807) is 0 Å². The first-order valence-electron chi connectivity index (χ1n) is 8.80. The molecule has 0 unspecified atom stereocenters. The van der Waals surface area contributed by atoms with E-state index in [4.69, 9.17) is 5.10 Å². The van der Waals surface area contributed by atoms with Crippen LogP contribution < -0.4 is 4.90 Å². The first kappa shape index (κ1) is 16.0. The van der Waals surface area contributed by atoms with E-state index < -0.39 is 0 Å². The van der Waals surface area contributed by atoms with Crippen molar-refractivity contribution in [3.8, 4) is 0 Å². The molecular weight excluding hydrogens is 316 g/mol. The number of nitrogens with zero attached hydrogens (tertiary/aromatic N) is 8. The Morgan fingerprint density at radius 1 is 1.12 bits per heavy atom. The van der Waals surface area contributed by atoms with Crippen LogP contribution in [0.5, 0.6) is 0 Å². The maximum atomic E-state index is 4.69. The molecule has 1 aliphatic rings. The highest BCUT2D eigenvalue weighted by molar-refractivity contribution is 5.45. The summed E-state index contributed by atoms with van der Waals surface area (Å²) >= 11 is 0. The summed E-state index contributed by atoms with van der Waals surface area (Å²) in [5, 5.41) is 17.7. The van der Waals surface area contributed by atoms with Crippen LogP contribution in [0.1, 0.15) is 24.6 Å². The van der Waals surface area contributed by atoms with Gasteiger partial charge in [-0.25, -0.2) is 0 Å². The highest BCUT2D eigenvalue weighted by atomic mass is 15.4. The molecule has 0 aromatic carbocycles. The zero-order valence-electron chi connectivity index (χ0n) is 14.8. The average Bonchev–Trinajstić information content (AvgIpc) is 3.29. The third-order valence-electron chi connectivity index (χ3n) is 4.89. The van der Waals surface area contributed by atoms with Crippen molar-refractivity contribution in [2.75, 3.05) is 38.6 Å². The molecule has 132 valence electrons. The topological polar surface area (TPSA) is 67.4 Å². The van der Waals surface area contributed by atoms with Gasteiger partial charge < -0.3 is 9.80 Å². The second kappa shape index (κ2) is 6.79. The van der Waals surface area contributed by atoms with Crippen LogP contribution in [0.2, 0.25) is 0 Å². The number of aromatic nitrogens is 6. The van der Waals surface area contributed by atoms with Crippen molar-refractivity contribution < 1.29 is 0 Å². The summed E-state index contributed by atoms with van der Waals surface area (Å²) in [6, 6.07) is 5.93. The molecule has 0 aliphatic carbocycles.